The Morgan fingerprint density at radius 2 is 2.11 bits per heavy atom. The zero-order valence-electron chi connectivity index (χ0n) is 10.8. The molecule has 6 heteroatoms. The first-order valence-electron chi connectivity index (χ1n) is 6.08. The largest absolute Gasteiger partial charge is 0.313 e. The number of hydrogen-bond acceptors (Lipinski definition) is 5. The van der Waals surface area contributed by atoms with E-state index in [4.69, 9.17) is 11.0 Å². The minimum absolute atomic E-state index is 0.0980. The summed E-state index contributed by atoms with van der Waals surface area (Å²) in [4.78, 5) is 11.1. The van der Waals surface area contributed by atoms with Gasteiger partial charge in [0, 0.05) is 17.0 Å². The lowest BCUT2D eigenvalue weighted by atomic mass is 9.94. The summed E-state index contributed by atoms with van der Waals surface area (Å²) in [5.74, 6) is 0.846. The van der Waals surface area contributed by atoms with E-state index in [0.29, 0.717) is 12.8 Å². The molecule has 1 aromatic rings. The van der Waals surface area contributed by atoms with Gasteiger partial charge in [-0.15, -0.1) is 11.8 Å². The molecule has 0 heterocycles. The first-order chi connectivity index (χ1) is 9.00. The second-order valence-corrected chi connectivity index (χ2v) is 5.49. The predicted molar refractivity (Wildman–Crippen MR) is 75.9 cm³/mol. The lowest BCUT2D eigenvalue weighted by molar-refractivity contribution is -0.384. The van der Waals surface area contributed by atoms with Gasteiger partial charge in [-0.1, -0.05) is 6.92 Å². The predicted octanol–water partition coefficient (Wildman–Crippen LogP) is 3.10. The van der Waals surface area contributed by atoms with E-state index in [0.717, 1.165) is 17.1 Å². The van der Waals surface area contributed by atoms with Crippen molar-refractivity contribution in [2.45, 2.75) is 36.6 Å². The average Bonchev–Trinajstić information content (AvgIpc) is 2.44. The van der Waals surface area contributed by atoms with Crippen molar-refractivity contribution in [2.24, 2.45) is 5.73 Å². The molecule has 2 N–H and O–H groups in total. The van der Waals surface area contributed by atoms with Crippen molar-refractivity contribution in [3.05, 3.63) is 34.4 Å². The van der Waals surface area contributed by atoms with Crippen LogP contribution in [0.1, 0.15) is 26.2 Å². The molecule has 0 spiro atoms. The highest BCUT2D eigenvalue weighted by Gasteiger charge is 2.20. The number of thioether (sulfide) groups is 1. The number of nitrogens with zero attached hydrogens (tertiary/aromatic N) is 2. The quantitative estimate of drug-likeness (QED) is 0.358. The summed E-state index contributed by atoms with van der Waals surface area (Å²) < 4.78 is 0. The molecule has 1 unspecified atom stereocenters. The summed E-state index contributed by atoms with van der Waals surface area (Å²) in [5.41, 5.74) is 5.26. The normalized spacial score (nSPS) is 13.5. The fourth-order valence-electron chi connectivity index (χ4n) is 1.55. The number of rotatable bonds is 7. The summed E-state index contributed by atoms with van der Waals surface area (Å²) in [6.45, 7) is 1.91. The Morgan fingerprint density at radius 1 is 1.47 bits per heavy atom. The molecule has 0 aliphatic carbocycles. The molecule has 1 aromatic carbocycles. The molecular formula is C13H17N3O2S. The maximum atomic E-state index is 10.5. The number of hydrogen-bond donors (Lipinski definition) is 1. The molecule has 102 valence electrons. The van der Waals surface area contributed by atoms with Crippen molar-refractivity contribution in [3.63, 3.8) is 0 Å². The molecule has 19 heavy (non-hydrogen) atoms. The van der Waals surface area contributed by atoms with Crippen LogP contribution in [-0.2, 0) is 0 Å². The number of nitrogens with two attached hydrogens (primary N) is 1. The summed E-state index contributed by atoms with van der Waals surface area (Å²) >= 11 is 1.61. The zero-order valence-corrected chi connectivity index (χ0v) is 11.7. The van der Waals surface area contributed by atoms with E-state index in [-0.39, 0.29) is 5.69 Å². The second-order valence-electron chi connectivity index (χ2n) is 4.32. The maximum absolute atomic E-state index is 10.5. The summed E-state index contributed by atoms with van der Waals surface area (Å²) in [5, 5.41) is 19.4. The number of benzene rings is 1. The van der Waals surface area contributed by atoms with Crippen molar-refractivity contribution >= 4 is 17.4 Å². The van der Waals surface area contributed by atoms with Crippen LogP contribution in [0.3, 0.4) is 0 Å². The van der Waals surface area contributed by atoms with Crippen LogP contribution in [0.2, 0.25) is 0 Å². The van der Waals surface area contributed by atoms with Crippen LogP contribution in [0.5, 0.6) is 0 Å². The van der Waals surface area contributed by atoms with Crippen molar-refractivity contribution in [1.29, 1.82) is 5.26 Å². The molecule has 0 saturated heterocycles. The molecule has 0 aromatic heterocycles. The molecule has 0 bridgehead atoms. The standard InChI is InChI=1S/C13H17N3O2S/c1-2-13(15,10-14)8-3-9-19-12-6-4-11(5-7-12)16(17)18/h4-7H,2-3,8-9,15H2,1H3. The van der Waals surface area contributed by atoms with Crippen molar-refractivity contribution in [2.75, 3.05) is 5.75 Å². The number of nitro benzene ring substituents is 1. The van der Waals surface area contributed by atoms with Gasteiger partial charge in [-0.3, -0.25) is 10.1 Å². The average molecular weight is 279 g/mol. The zero-order chi connectivity index (χ0) is 14.3. The smallest absolute Gasteiger partial charge is 0.269 e. The fourth-order valence-corrected chi connectivity index (χ4v) is 2.41. The Labute approximate surface area is 116 Å². The second kappa shape index (κ2) is 7.12. The summed E-state index contributed by atoms with van der Waals surface area (Å²) in [6, 6.07) is 8.61. The minimum Gasteiger partial charge on any atom is -0.313 e. The maximum Gasteiger partial charge on any atom is 0.269 e. The fraction of sp³-hybridized carbons (Fsp3) is 0.462. The molecule has 0 radical (unpaired) electrons. The summed E-state index contributed by atoms with van der Waals surface area (Å²) in [7, 11) is 0. The Morgan fingerprint density at radius 3 is 2.58 bits per heavy atom. The SMILES string of the molecule is CCC(N)(C#N)CCCSc1ccc([N+](=O)[O-])cc1. The molecular weight excluding hydrogens is 262 g/mol. The molecule has 1 rings (SSSR count). The third-order valence-corrected chi connectivity index (χ3v) is 4.04. The third kappa shape index (κ3) is 4.89. The molecule has 1 atom stereocenters. The molecule has 5 nitrogen and oxygen atoms in total. The van der Waals surface area contributed by atoms with Crippen LogP contribution < -0.4 is 5.73 Å². The molecule has 0 aliphatic heterocycles. The van der Waals surface area contributed by atoms with Gasteiger partial charge in [-0.05, 0) is 37.1 Å². The third-order valence-electron chi connectivity index (χ3n) is 2.94. The van der Waals surface area contributed by atoms with Crippen LogP contribution in [0.15, 0.2) is 29.2 Å². The van der Waals surface area contributed by atoms with Gasteiger partial charge in [0.25, 0.3) is 5.69 Å². The highest BCUT2D eigenvalue weighted by Crippen LogP contribution is 2.23. The van der Waals surface area contributed by atoms with Gasteiger partial charge in [0.15, 0.2) is 0 Å². The molecule has 0 amide bonds. The monoisotopic (exact) mass is 279 g/mol. The van der Waals surface area contributed by atoms with Gasteiger partial charge in [0.05, 0.1) is 11.0 Å². The van der Waals surface area contributed by atoms with Crippen LogP contribution in [0.4, 0.5) is 5.69 Å². The molecule has 0 fully saturated rings. The van der Waals surface area contributed by atoms with Gasteiger partial charge in [-0.25, -0.2) is 0 Å². The lowest BCUT2D eigenvalue weighted by Gasteiger charge is -2.18. The van der Waals surface area contributed by atoms with Gasteiger partial charge in [-0.2, -0.15) is 5.26 Å². The van der Waals surface area contributed by atoms with E-state index < -0.39 is 10.5 Å². The van der Waals surface area contributed by atoms with Crippen LogP contribution in [0.25, 0.3) is 0 Å². The number of nitriles is 1. The van der Waals surface area contributed by atoms with Crippen LogP contribution >= 0.6 is 11.8 Å². The first kappa shape index (κ1) is 15.5. The summed E-state index contributed by atoms with van der Waals surface area (Å²) in [6.07, 6.45) is 2.16. The van der Waals surface area contributed by atoms with E-state index in [2.05, 4.69) is 6.07 Å². The van der Waals surface area contributed by atoms with Crippen LogP contribution in [-0.4, -0.2) is 16.2 Å². The minimum atomic E-state index is -0.726. The van der Waals surface area contributed by atoms with Gasteiger partial charge in [0.1, 0.15) is 5.54 Å². The lowest BCUT2D eigenvalue weighted by Crippen LogP contribution is -2.37. The molecule has 0 saturated carbocycles. The Bertz CT molecular complexity index is 470. The highest BCUT2D eigenvalue weighted by atomic mass is 32.2. The van der Waals surface area contributed by atoms with Gasteiger partial charge in [0.2, 0.25) is 0 Å². The van der Waals surface area contributed by atoms with Crippen molar-refractivity contribution < 1.29 is 4.92 Å². The van der Waals surface area contributed by atoms with Crippen LogP contribution in [0, 0.1) is 21.4 Å². The Kier molecular flexibility index (Phi) is 5.80. The number of nitro groups is 1. The van der Waals surface area contributed by atoms with E-state index in [9.17, 15) is 10.1 Å². The highest BCUT2D eigenvalue weighted by molar-refractivity contribution is 7.99. The van der Waals surface area contributed by atoms with E-state index in [1.807, 2.05) is 6.92 Å². The van der Waals surface area contributed by atoms with Gasteiger partial charge < -0.3 is 5.73 Å². The topological polar surface area (TPSA) is 93.0 Å². The van der Waals surface area contributed by atoms with Gasteiger partial charge >= 0.3 is 0 Å². The Hall–Kier alpha value is -1.58. The van der Waals surface area contributed by atoms with E-state index >= 15 is 0 Å². The van der Waals surface area contributed by atoms with E-state index in [1.54, 1.807) is 23.9 Å². The Balaban J connectivity index is 2.38. The van der Waals surface area contributed by atoms with Crippen molar-refractivity contribution in [3.8, 4) is 6.07 Å². The van der Waals surface area contributed by atoms with E-state index in [1.165, 1.54) is 12.1 Å². The first-order valence-corrected chi connectivity index (χ1v) is 7.07. The number of non-ortho nitro benzene ring substituents is 1. The molecule has 0 aliphatic rings. The van der Waals surface area contributed by atoms with Crippen molar-refractivity contribution in [1.82, 2.24) is 0 Å².